The van der Waals surface area contributed by atoms with Crippen LogP contribution in [0.3, 0.4) is 0 Å². The van der Waals surface area contributed by atoms with Gasteiger partial charge in [0.1, 0.15) is 5.69 Å². The normalized spacial score (nSPS) is 10.0. The predicted molar refractivity (Wildman–Crippen MR) is 81.8 cm³/mol. The molecular weight excluding hydrogens is 270 g/mol. The molecule has 0 heterocycles. The number of rotatable bonds is 4. The fourth-order valence-corrected chi connectivity index (χ4v) is 1.96. The van der Waals surface area contributed by atoms with Crippen molar-refractivity contribution in [3.05, 3.63) is 63.7 Å². The third kappa shape index (κ3) is 3.36. The first-order valence-corrected chi connectivity index (χ1v) is 6.35. The Morgan fingerprint density at radius 2 is 1.95 bits per heavy atom. The smallest absolute Gasteiger partial charge is 0.293 e. The Balaban J connectivity index is 2.27. The van der Waals surface area contributed by atoms with E-state index in [0.29, 0.717) is 11.4 Å². The van der Waals surface area contributed by atoms with Crippen molar-refractivity contribution in [3.63, 3.8) is 0 Å². The van der Waals surface area contributed by atoms with Crippen molar-refractivity contribution in [2.24, 2.45) is 0 Å². The van der Waals surface area contributed by atoms with Crippen LogP contribution in [0.2, 0.25) is 0 Å². The quantitative estimate of drug-likeness (QED) is 0.667. The van der Waals surface area contributed by atoms with Gasteiger partial charge in [-0.1, -0.05) is 12.1 Å². The van der Waals surface area contributed by atoms with Gasteiger partial charge in [-0.25, -0.2) is 0 Å². The second-order valence-electron chi connectivity index (χ2n) is 4.56. The highest BCUT2D eigenvalue weighted by atomic mass is 16.6. The Bertz CT molecular complexity index is 698. The Morgan fingerprint density at radius 3 is 2.57 bits per heavy atom. The average Bonchev–Trinajstić information content (AvgIpc) is 2.46. The second kappa shape index (κ2) is 6.04. The standard InChI is InChI=1S/C15H15N3O3/c1-10-4-3-5-12(8-10)17-15(19)11-6-7-13(16-2)14(9-11)18(20)21/h3-9,16H,1-2H3,(H,17,19). The Labute approximate surface area is 121 Å². The highest BCUT2D eigenvalue weighted by Crippen LogP contribution is 2.25. The van der Waals surface area contributed by atoms with Gasteiger partial charge in [0, 0.05) is 24.4 Å². The molecule has 6 nitrogen and oxygen atoms in total. The number of aryl methyl sites for hydroxylation is 1. The zero-order valence-electron chi connectivity index (χ0n) is 11.7. The van der Waals surface area contributed by atoms with Crippen molar-refractivity contribution >= 4 is 23.0 Å². The van der Waals surface area contributed by atoms with Gasteiger partial charge in [0.05, 0.1) is 4.92 Å². The van der Waals surface area contributed by atoms with Gasteiger partial charge < -0.3 is 10.6 Å². The van der Waals surface area contributed by atoms with Gasteiger partial charge in [-0.2, -0.15) is 0 Å². The van der Waals surface area contributed by atoms with E-state index < -0.39 is 4.92 Å². The second-order valence-corrected chi connectivity index (χ2v) is 4.56. The lowest BCUT2D eigenvalue weighted by Gasteiger charge is -2.07. The van der Waals surface area contributed by atoms with Crippen LogP contribution >= 0.6 is 0 Å². The van der Waals surface area contributed by atoms with E-state index in [4.69, 9.17) is 0 Å². The summed E-state index contributed by atoms with van der Waals surface area (Å²) in [6.07, 6.45) is 0. The summed E-state index contributed by atoms with van der Waals surface area (Å²) in [5.74, 6) is -0.383. The largest absolute Gasteiger partial charge is 0.383 e. The summed E-state index contributed by atoms with van der Waals surface area (Å²) in [7, 11) is 1.59. The first kappa shape index (κ1) is 14.5. The number of nitrogens with one attached hydrogen (secondary N) is 2. The summed E-state index contributed by atoms with van der Waals surface area (Å²) in [6, 6.07) is 11.7. The molecule has 0 aliphatic carbocycles. The number of benzene rings is 2. The van der Waals surface area contributed by atoms with E-state index in [-0.39, 0.29) is 17.2 Å². The van der Waals surface area contributed by atoms with Gasteiger partial charge in [-0.15, -0.1) is 0 Å². The molecule has 0 radical (unpaired) electrons. The summed E-state index contributed by atoms with van der Waals surface area (Å²) >= 11 is 0. The number of nitro groups is 1. The lowest BCUT2D eigenvalue weighted by atomic mass is 10.1. The maximum Gasteiger partial charge on any atom is 0.293 e. The van der Waals surface area contributed by atoms with Gasteiger partial charge in [0.15, 0.2) is 0 Å². The maximum absolute atomic E-state index is 12.1. The Kier molecular flexibility index (Phi) is 4.18. The molecule has 108 valence electrons. The van der Waals surface area contributed by atoms with Crippen molar-refractivity contribution in [2.45, 2.75) is 6.92 Å². The molecule has 0 unspecified atom stereocenters. The molecule has 0 spiro atoms. The molecule has 0 bridgehead atoms. The molecule has 21 heavy (non-hydrogen) atoms. The number of carbonyl (C=O) groups is 1. The molecule has 2 rings (SSSR count). The Morgan fingerprint density at radius 1 is 1.19 bits per heavy atom. The molecule has 2 aromatic rings. The van der Waals surface area contributed by atoms with Crippen molar-refractivity contribution in [3.8, 4) is 0 Å². The number of nitro benzene ring substituents is 1. The van der Waals surface area contributed by atoms with Crippen molar-refractivity contribution in [1.82, 2.24) is 0 Å². The van der Waals surface area contributed by atoms with E-state index in [2.05, 4.69) is 10.6 Å². The fourth-order valence-electron chi connectivity index (χ4n) is 1.96. The number of carbonyl (C=O) groups excluding carboxylic acids is 1. The highest BCUT2D eigenvalue weighted by molar-refractivity contribution is 6.05. The minimum absolute atomic E-state index is 0.130. The van der Waals surface area contributed by atoms with E-state index in [1.165, 1.54) is 12.1 Å². The molecule has 2 aromatic carbocycles. The van der Waals surface area contributed by atoms with Gasteiger partial charge in [-0.3, -0.25) is 14.9 Å². The SMILES string of the molecule is CNc1ccc(C(=O)Nc2cccc(C)c2)cc1[N+](=O)[O-]. The summed E-state index contributed by atoms with van der Waals surface area (Å²) in [4.78, 5) is 22.6. The molecule has 0 aliphatic rings. The first-order chi connectivity index (χ1) is 10.0. The van der Waals surface area contributed by atoms with Crippen LogP contribution in [0.4, 0.5) is 17.1 Å². The van der Waals surface area contributed by atoms with Crippen LogP contribution in [0.1, 0.15) is 15.9 Å². The number of hydrogen-bond donors (Lipinski definition) is 2. The lowest BCUT2D eigenvalue weighted by Crippen LogP contribution is -2.12. The molecule has 0 fully saturated rings. The molecule has 0 saturated carbocycles. The molecule has 0 aliphatic heterocycles. The molecule has 2 N–H and O–H groups in total. The number of nitrogens with zero attached hydrogens (tertiary/aromatic N) is 1. The molecule has 6 heteroatoms. The van der Waals surface area contributed by atoms with Gasteiger partial charge in [-0.05, 0) is 36.8 Å². The average molecular weight is 285 g/mol. The van der Waals surface area contributed by atoms with Gasteiger partial charge in [0.2, 0.25) is 0 Å². The monoisotopic (exact) mass is 285 g/mol. The molecule has 0 saturated heterocycles. The van der Waals surface area contributed by atoms with E-state index in [1.807, 2.05) is 25.1 Å². The molecular formula is C15H15N3O3. The van der Waals surface area contributed by atoms with E-state index >= 15 is 0 Å². The summed E-state index contributed by atoms with van der Waals surface area (Å²) in [6.45, 7) is 1.92. The van der Waals surface area contributed by atoms with Gasteiger partial charge in [0.25, 0.3) is 11.6 Å². The van der Waals surface area contributed by atoms with Crippen LogP contribution in [0.25, 0.3) is 0 Å². The lowest BCUT2D eigenvalue weighted by molar-refractivity contribution is -0.384. The number of anilines is 2. The van der Waals surface area contributed by atoms with Crippen LogP contribution in [-0.4, -0.2) is 17.9 Å². The van der Waals surface area contributed by atoms with Crippen molar-refractivity contribution in [2.75, 3.05) is 17.7 Å². The summed E-state index contributed by atoms with van der Waals surface area (Å²) in [5.41, 5.74) is 2.15. The summed E-state index contributed by atoms with van der Waals surface area (Å²) < 4.78 is 0. The molecule has 1 amide bonds. The minimum Gasteiger partial charge on any atom is -0.383 e. The minimum atomic E-state index is -0.519. The predicted octanol–water partition coefficient (Wildman–Crippen LogP) is 3.20. The van der Waals surface area contributed by atoms with Crippen LogP contribution in [-0.2, 0) is 0 Å². The van der Waals surface area contributed by atoms with Crippen LogP contribution in [0.5, 0.6) is 0 Å². The molecule has 0 atom stereocenters. The first-order valence-electron chi connectivity index (χ1n) is 6.35. The number of hydrogen-bond acceptors (Lipinski definition) is 4. The van der Waals surface area contributed by atoms with Crippen LogP contribution in [0.15, 0.2) is 42.5 Å². The number of amides is 1. The summed E-state index contributed by atoms with van der Waals surface area (Å²) in [5, 5.41) is 16.4. The fraction of sp³-hybridized carbons (Fsp3) is 0.133. The van der Waals surface area contributed by atoms with Gasteiger partial charge >= 0.3 is 0 Å². The zero-order chi connectivity index (χ0) is 15.4. The molecule has 0 aromatic heterocycles. The van der Waals surface area contributed by atoms with Crippen LogP contribution < -0.4 is 10.6 Å². The van der Waals surface area contributed by atoms with Crippen LogP contribution in [0, 0.1) is 17.0 Å². The van der Waals surface area contributed by atoms with E-state index in [0.717, 1.165) is 5.56 Å². The van der Waals surface area contributed by atoms with E-state index in [1.54, 1.807) is 19.2 Å². The van der Waals surface area contributed by atoms with Crippen molar-refractivity contribution in [1.29, 1.82) is 0 Å². The van der Waals surface area contributed by atoms with E-state index in [9.17, 15) is 14.9 Å². The third-order valence-electron chi connectivity index (χ3n) is 3.00. The zero-order valence-corrected chi connectivity index (χ0v) is 11.7. The maximum atomic E-state index is 12.1. The van der Waals surface area contributed by atoms with Crippen molar-refractivity contribution < 1.29 is 9.72 Å². The highest BCUT2D eigenvalue weighted by Gasteiger charge is 2.16. The Hall–Kier alpha value is -2.89. The topological polar surface area (TPSA) is 84.3 Å². The third-order valence-corrected chi connectivity index (χ3v) is 3.00.